The molecule has 5 rings (SSSR count). The number of aliphatic imine (C=N–C) groups is 2. The maximum absolute atomic E-state index is 13.1. The van der Waals surface area contributed by atoms with Gasteiger partial charge in [-0.1, -0.05) is 18.6 Å². The lowest BCUT2D eigenvalue weighted by molar-refractivity contribution is 0.243. The number of nitrogens with zero attached hydrogens (tertiary/aromatic N) is 3. The Morgan fingerprint density at radius 1 is 1.07 bits per heavy atom. The van der Waals surface area contributed by atoms with Crippen LogP contribution in [0.5, 0.6) is 5.75 Å². The molecule has 3 heterocycles. The highest BCUT2D eigenvalue weighted by atomic mass is 32.2. The van der Waals surface area contributed by atoms with Gasteiger partial charge in [-0.25, -0.2) is 13.4 Å². The Morgan fingerprint density at radius 3 is 2.60 bits per heavy atom. The molecule has 0 spiro atoms. The van der Waals surface area contributed by atoms with Crippen LogP contribution < -0.4 is 26.1 Å². The van der Waals surface area contributed by atoms with Crippen molar-refractivity contribution in [3.05, 3.63) is 47.5 Å². The maximum Gasteiger partial charge on any atom is 0.226 e. The third-order valence-electron chi connectivity index (χ3n) is 7.34. The molecule has 0 bridgehead atoms. The van der Waals surface area contributed by atoms with Gasteiger partial charge in [-0.05, 0) is 89.4 Å². The number of ether oxygens (including phenoxy) is 1. The van der Waals surface area contributed by atoms with E-state index in [2.05, 4.69) is 50.5 Å². The second-order valence-corrected chi connectivity index (χ2v) is 13.5. The lowest BCUT2D eigenvalue weighted by Crippen LogP contribution is -2.41. The Bertz CT molecular complexity index is 1440. The standard InChI is InChI=1S/C29H39N7O3S/c1-17(2)39-25-15-20(22-10-8-9-13-30-22)19(5)14-24(25)33-29-34-27(21-16-31-36-28(21)35-29)32-23-11-6-7-12-26(23)40(37,38)18(3)4/h6-7,11-12,14-18,21-22,27,30,32H,8-10,13H2,1-5H3,(H2,33,34,35,36). The number of nitrogens with one attached hydrogen (secondary N) is 4. The van der Waals surface area contributed by atoms with Gasteiger partial charge >= 0.3 is 0 Å². The van der Waals surface area contributed by atoms with E-state index >= 15 is 0 Å². The molecule has 0 saturated carbocycles. The van der Waals surface area contributed by atoms with Crippen molar-refractivity contribution in [3.8, 4) is 5.75 Å². The number of rotatable bonds is 8. The fraction of sp³-hybridized carbons (Fsp3) is 0.483. The molecule has 1 fully saturated rings. The Labute approximate surface area is 236 Å². The highest BCUT2D eigenvalue weighted by Gasteiger charge is 2.34. The predicted molar refractivity (Wildman–Crippen MR) is 161 cm³/mol. The Balaban J connectivity index is 1.47. The molecule has 4 N–H and O–H groups in total. The van der Waals surface area contributed by atoms with E-state index in [0.29, 0.717) is 23.5 Å². The fourth-order valence-electron chi connectivity index (χ4n) is 5.21. The van der Waals surface area contributed by atoms with Crippen molar-refractivity contribution in [1.29, 1.82) is 0 Å². The quantitative estimate of drug-likeness (QED) is 0.368. The van der Waals surface area contributed by atoms with Crippen LogP contribution in [0.1, 0.15) is 64.1 Å². The van der Waals surface area contributed by atoms with Crippen LogP contribution in [0.2, 0.25) is 0 Å². The molecule has 11 heteroatoms. The van der Waals surface area contributed by atoms with Crippen molar-refractivity contribution in [1.82, 2.24) is 10.7 Å². The summed E-state index contributed by atoms with van der Waals surface area (Å²) in [5.74, 6) is 1.47. The van der Waals surface area contributed by atoms with Gasteiger partial charge in [-0.3, -0.25) is 5.43 Å². The summed E-state index contributed by atoms with van der Waals surface area (Å²) in [6.07, 6.45) is 4.70. The molecule has 3 aliphatic heterocycles. The summed E-state index contributed by atoms with van der Waals surface area (Å²) >= 11 is 0. The molecule has 0 aromatic heterocycles. The Kier molecular flexibility index (Phi) is 8.14. The smallest absolute Gasteiger partial charge is 0.226 e. The van der Waals surface area contributed by atoms with Crippen LogP contribution in [0, 0.1) is 12.8 Å². The zero-order chi connectivity index (χ0) is 28.4. The molecular weight excluding hydrogens is 526 g/mol. The Hall–Kier alpha value is -3.44. The molecule has 3 aliphatic rings. The van der Waals surface area contributed by atoms with E-state index in [9.17, 15) is 8.42 Å². The number of fused-ring (bicyclic) bond motifs is 1. The molecule has 0 radical (unpaired) electrons. The molecule has 0 amide bonds. The van der Waals surface area contributed by atoms with Crippen molar-refractivity contribution in [2.75, 3.05) is 17.2 Å². The fourth-order valence-corrected chi connectivity index (χ4v) is 6.42. The van der Waals surface area contributed by atoms with Crippen molar-refractivity contribution >= 4 is 39.2 Å². The minimum atomic E-state index is -3.51. The van der Waals surface area contributed by atoms with E-state index in [0.717, 1.165) is 30.0 Å². The van der Waals surface area contributed by atoms with Crippen LogP contribution in [-0.4, -0.2) is 50.5 Å². The predicted octanol–water partition coefficient (Wildman–Crippen LogP) is 4.60. The summed E-state index contributed by atoms with van der Waals surface area (Å²) in [6.45, 7) is 10.5. The Morgan fingerprint density at radius 2 is 1.88 bits per heavy atom. The van der Waals surface area contributed by atoms with Crippen molar-refractivity contribution < 1.29 is 13.2 Å². The topological polar surface area (TPSA) is 129 Å². The second-order valence-electron chi connectivity index (χ2n) is 11.0. The summed E-state index contributed by atoms with van der Waals surface area (Å²) in [7, 11) is -3.51. The van der Waals surface area contributed by atoms with Crippen LogP contribution in [-0.2, 0) is 9.84 Å². The van der Waals surface area contributed by atoms with Crippen LogP contribution in [0.25, 0.3) is 0 Å². The van der Waals surface area contributed by atoms with Gasteiger partial charge in [0.2, 0.25) is 5.96 Å². The molecule has 40 heavy (non-hydrogen) atoms. The molecule has 214 valence electrons. The van der Waals surface area contributed by atoms with Crippen LogP contribution >= 0.6 is 0 Å². The number of piperidine rings is 1. The van der Waals surface area contributed by atoms with Gasteiger partial charge in [0.15, 0.2) is 9.84 Å². The van der Waals surface area contributed by atoms with Gasteiger partial charge in [0, 0.05) is 12.3 Å². The number of anilines is 2. The summed E-state index contributed by atoms with van der Waals surface area (Å²) in [4.78, 5) is 9.79. The van der Waals surface area contributed by atoms with Gasteiger partial charge < -0.3 is 20.7 Å². The number of sulfone groups is 1. The van der Waals surface area contributed by atoms with Gasteiger partial charge in [-0.15, -0.1) is 0 Å². The highest BCUT2D eigenvalue weighted by Crippen LogP contribution is 2.35. The number of benzene rings is 2. The molecule has 3 atom stereocenters. The van der Waals surface area contributed by atoms with E-state index < -0.39 is 21.3 Å². The molecule has 2 aromatic carbocycles. The average molecular weight is 566 g/mol. The van der Waals surface area contributed by atoms with Gasteiger partial charge in [0.05, 0.1) is 33.5 Å². The number of guanidine groups is 1. The first kappa shape index (κ1) is 28.1. The monoisotopic (exact) mass is 565 g/mol. The largest absolute Gasteiger partial charge is 0.489 e. The number of hydrazone groups is 1. The number of hydrogen-bond acceptors (Lipinski definition) is 10. The molecule has 1 saturated heterocycles. The van der Waals surface area contributed by atoms with Crippen molar-refractivity contribution in [2.24, 2.45) is 21.0 Å². The number of para-hydroxylation sites is 1. The van der Waals surface area contributed by atoms with E-state index in [1.165, 1.54) is 18.4 Å². The lowest BCUT2D eigenvalue weighted by atomic mass is 9.93. The third-order valence-corrected chi connectivity index (χ3v) is 9.55. The van der Waals surface area contributed by atoms with Gasteiger partial charge in [0.25, 0.3) is 0 Å². The number of amidine groups is 1. The first-order valence-corrected chi connectivity index (χ1v) is 15.5. The molecular formula is C29H39N7O3S. The molecule has 2 aromatic rings. The number of aryl methyl sites for hydroxylation is 1. The maximum atomic E-state index is 13.1. The van der Waals surface area contributed by atoms with E-state index in [1.54, 1.807) is 38.3 Å². The normalized spacial score (nSPS) is 22.4. The first-order valence-electron chi connectivity index (χ1n) is 14.0. The molecule has 3 unspecified atom stereocenters. The van der Waals surface area contributed by atoms with Crippen LogP contribution in [0.15, 0.2) is 56.4 Å². The zero-order valence-corrected chi connectivity index (χ0v) is 24.5. The van der Waals surface area contributed by atoms with Gasteiger partial charge in [0.1, 0.15) is 17.8 Å². The van der Waals surface area contributed by atoms with Crippen LogP contribution in [0.4, 0.5) is 11.4 Å². The lowest BCUT2D eigenvalue weighted by Gasteiger charge is -2.28. The molecule has 10 nitrogen and oxygen atoms in total. The van der Waals surface area contributed by atoms with E-state index in [1.807, 2.05) is 19.9 Å². The minimum Gasteiger partial charge on any atom is -0.489 e. The summed E-state index contributed by atoms with van der Waals surface area (Å²) in [5, 5.41) is 14.0. The van der Waals surface area contributed by atoms with Crippen molar-refractivity contribution in [3.63, 3.8) is 0 Å². The van der Waals surface area contributed by atoms with E-state index in [4.69, 9.17) is 9.73 Å². The van der Waals surface area contributed by atoms with E-state index in [-0.39, 0.29) is 16.9 Å². The van der Waals surface area contributed by atoms with Gasteiger partial charge in [-0.2, -0.15) is 10.1 Å². The van der Waals surface area contributed by atoms with Crippen molar-refractivity contribution in [2.45, 2.75) is 82.3 Å². The summed E-state index contributed by atoms with van der Waals surface area (Å²) in [5.41, 5.74) is 6.63. The first-order chi connectivity index (χ1) is 19.1. The zero-order valence-electron chi connectivity index (χ0n) is 23.7. The second kappa shape index (κ2) is 11.6. The highest BCUT2D eigenvalue weighted by molar-refractivity contribution is 7.92. The van der Waals surface area contributed by atoms with Crippen LogP contribution in [0.3, 0.4) is 0 Å². The number of hydrogen-bond donors (Lipinski definition) is 4. The minimum absolute atomic E-state index is 0.0156. The third kappa shape index (κ3) is 5.85. The SMILES string of the molecule is Cc1cc(NC2=NC(Nc3ccccc3S(=O)(=O)C(C)C)C3C=NNC3=N2)c(OC(C)C)cc1C1CCCCN1. The molecule has 0 aliphatic carbocycles. The summed E-state index contributed by atoms with van der Waals surface area (Å²) in [6, 6.07) is 11.4. The average Bonchev–Trinajstić information content (AvgIpc) is 3.40. The summed E-state index contributed by atoms with van der Waals surface area (Å²) < 4.78 is 32.4.